The number of Topliss-reactive ketones (excluding diaryl/α,β-unsaturated/α-hetero) is 1. The van der Waals surface area contributed by atoms with Crippen LogP contribution in [-0.2, 0) is 0 Å². The fraction of sp³-hybridized carbons (Fsp3) is 0.333. The van der Waals surface area contributed by atoms with Gasteiger partial charge in [-0.1, -0.05) is 13.8 Å². The fourth-order valence-corrected chi connectivity index (χ4v) is 4.61. The van der Waals surface area contributed by atoms with Crippen molar-refractivity contribution in [3.63, 3.8) is 0 Å². The first-order chi connectivity index (χ1) is 12.0. The van der Waals surface area contributed by atoms with Crippen molar-refractivity contribution >= 4 is 49.7 Å². The Morgan fingerprint density at radius 2 is 2.24 bits per heavy atom. The van der Waals surface area contributed by atoms with Crippen LogP contribution in [0, 0.1) is 0 Å². The average molecular weight is 421 g/mol. The van der Waals surface area contributed by atoms with Crippen molar-refractivity contribution < 1.29 is 13.9 Å². The second-order valence-electron chi connectivity index (χ2n) is 6.35. The van der Waals surface area contributed by atoms with E-state index in [0.717, 1.165) is 20.6 Å². The van der Waals surface area contributed by atoms with E-state index in [9.17, 15) is 4.79 Å². The molecule has 1 unspecified atom stereocenters. The van der Waals surface area contributed by atoms with E-state index in [0.29, 0.717) is 35.1 Å². The van der Waals surface area contributed by atoms with E-state index in [1.165, 1.54) is 0 Å². The van der Waals surface area contributed by atoms with Crippen LogP contribution in [0.4, 0.5) is 5.69 Å². The highest BCUT2D eigenvalue weighted by atomic mass is 79.9. The summed E-state index contributed by atoms with van der Waals surface area (Å²) < 4.78 is 11.9. The summed E-state index contributed by atoms with van der Waals surface area (Å²) in [7, 11) is 1.61. The van der Waals surface area contributed by atoms with Crippen molar-refractivity contribution in [2.45, 2.75) is 32.2 Å². The summed E-state index contributed by atoms with van der Waals surface area (Å²) in [5.41, 5.74) is 2.27. The maximum atomic E-state index is 12.6. The zero-order chi connectivity index (χ0) is 17.7. The van der Waals surface area contributed by atoms with Crippen LogP contribution < -0.4 is 10.1 Å². The number of rotatable bonds is 3. The molecule has 130 valence electrons. The third-order valence-corrected chi connectivity index (χ3v) is 6.28. The first-order valence-corrected chi connectivity index (χ1v) is 9.71. The summed E-state index contributed by atoms with van der Waals surface area (Å²) in [5.74, 6) is 1.43. The highest BCUT2D eigenvalue weighted by Crippen LogP contribution is 2.45. The molecule has 0 amide bonds. The van der Waals surface area contributed by atoms with Crippen molar-refractivity contribution in [2.75, 3.05) is 12.4 Å². The molecule has 1 atom stereocenters. The van der Waals surface area contributed by atoms with E-state index in [4.69, 9.17) is 14.1 Å². The standard InChI is InChI=1S/C18H17BrN2O3S/c1-8(2)18-21-10(7-25-18)9-6-11(22)17-16(20-9)14-12(24-17)4-5-13(23-3)15(14)19/h4-5,7-9,20H,6H2,1-3H3. The number of ketones is 1. The van der Waals surface area contributed by atoms with Crippen molar-refractivity contribution in [2.24, 2.45) is 0 Å². The highest BCUT2D eigenvalue weighted by molar-refractivity contribution is 9.10. The average Bonchev–Trinajstić information content (AvgIpc) is 3.20. The lowest BCUT2D eigenvalue weighted by Gasteiger charge is -2.22. The van der Waals surface area contributed by atoms with Gasteiger partial charge >= 0.3 is 0 Å². The second kappa shape index (κ2) is 6.14. The zero-order valence-corrected chi connectivity index (χ0v) is 16.5. The van der Waals surface area contributed by atoms with E-state index >= 15 is 0 Å². The summed E-state index contributed by atoms with van der Waals surface area (Å²) >= 11 is 5.20. The van der Waals surface area contributed by atoms with Crippen LogP contribution in [0.3, 0.4) is 0 Å². The number of nitrogens with zero attached hydrogens (tertiary/aromatic N) is 1. The van der Waals surface area contributed by atoms with Crippen LogP contribution in [0.1, 0.15) is 53.5 Å². The van der Waals surface area contributed by atoms with E-state index in [2.05, 4.69) is 35.1 Å². The minimum atomic E-state index is -0.150. The number of hydrogen-bond acceptors (Lipinski definition) is 6. The van der Waals surface area contributed by atoms with Gasteiger partial charge in [0.05, 0.1) is 39.4 Å². The molecule has 0 saturated carbocycles. The number of hydrogen-bond donors (Lipinski definition) is 1. The van der Waals surface area contributed by atoms with Gasteiger partial charge < -0.3 is 14.5 Å². The van der Waals surface area contributed by atoms with Crippen LogP contribution in [0.2, 0.25) is 0 Å². The van der Waals surface area contributed by atoms with Crippen LogP contribution >= 0.6 is 27.3 Å². The molecule has 3 aromatic rings. The molecular weight excluding hydrogens is 404 g/mol. The topological polar surface area (TPSA) is 64.4 Å². The van der Waals surface area contributed by atoms with Crippen LogP contribution in [0.5, 0.6) is 5.75 Å². The SMILES string of the molecule is COc1ccc2oc3c(c2c1Br)NC(c1csc(C(C)C)n1)CC3=O. The third kappa shape index (κ3) is 2.66. The fourth-order valence-electron chi connectivity index (χ4n) is 3.03. The van der Waals surface area contributed by atoms with Crippen molar-refractivity contribution in [1.82, 2.24) is 4.98 Å². The van der Waals surface area contributed by atoms with Gasteiger partial charge in [0.15, 0.2) is 5.76 Å². The van der Waals surface area contributed by atoms with Crippen molar-refractivity contribution in [3.8, 4) is 5.75 Å². The quantitative estimate of drug-likeness (QED) is 0.603. The number of anilines is 1. The molecular formula is C18H17BrN2O3S. The van der Waals surface area contributed by atoms with E-state index < -0.39 is 0 Å². The molecule has 0 fully saturated rings. The maximum absolute atomic E-state index is 12.6. The number of carbonyl (C=O) groups excluding carboxylic acids is 1. The number of nitrogens with one attached hydrogen (secondary N) is 1. The smallest absolute Gasteiger partial charge is 0.202 e. The molecule has 2 aromatic heterocycles. The summed E-state index contributed by atoms with van der Waals surface area (Å²) in [5, 5.41) is 7.39. The molecule has 0 radical (unpaired) electrons. The Labute approximate surface area is 157 Å². The summed E-state index contributed by atoms with van der Waals surface area (Å²) in [4.78, 5) is 17.3. The number of halogens is 1. The molecule has 1 N–H and O–H groups in total. The first-order valence-electron chi connectivity index (χ1n) is 8.03. The highest BCUT2D eigenvalue weighted by Gasteiger charge is 2.33. The zero-order valence-electron chi connectivity index (χ0n) is 14.1. The van der Waals surface area contributed by atoms with Gasteiger partial charge in [0, 0.05) is 17.7 Å². The normalized spacial score (nSPS) is 17.0. The lowest BCUT2D eigenvalue weighted by Crippen LogP contribution is -2.22. The summed E-state index contributed by atoms with van der Waals surface area (Å²) in [6.45, 7) is 4.24. The minimum Gasteiger partial charge on any atom is -0.496 e. The van der Waals surface area contributed by atoms with Crippen molar-refractivity contribution in [1.29, 1.82) is 0 Å². The number of ether oxygens (including phenoxy) is 1. The van der Waals surface area contributed by atoms with Gasteiger partial charge in [-0.15, -0.1) is 11.3 Å². The van der Waals surface area contributed by atoms with E-state index in [-0.39, 0.29) is 11.8 Å². The Hall–Kier alpha value is -1.86. The number of thiazole rings is 1. The van der Waals surface area contributed by atoms with Gasteiger partial charge in [-0.3, -0.25) is 4.79 Å². The van der Waals surface area contributed by atoms with Gasteiger partial charge in [-0.05, 0) is 28.1 Å². The molecule has 7 heteroatoms. The molecule has 5 nitrogen and oxygen atoms in total. The Bertz CT molecular complexity index is 976. The lowest BCUT2D eigenvalue weighted by atomic mass is 9.99. The Kier molecular flexibility index (Phi) is 4.08. The summed E-state index contributed by atoms with van der Waals surface area (Å²) in [6, 6.07) is 3.49. The molecule has 0 aliphatic carbocycles. The van der Waals surface area contributed by atoms with Gasteiger partial charge in [0.1, 0.15) is 11.3 Å². The predicted molar refractivity (Wildman–Crippen MR) is 102 cm³/mol. The number of fused-ring (bicyclic) bond motifs is 3. The molecule has 25 heavy (non-hydrogen) atoms. The molecule has 1 aromatic carbocycles. The number of benzene rings is 1. The third-order valence-electron chi connectivity index (χ3n) is 4.33. The van der Waals surface area contributed by atoms with E-state index in [1.807, 2.05) is 17.5 Å². The van der Waals surface area contributed by atoms with Crippen LogP contribution in [-0.4, -0.2) is 17.9 Å². The molecule has 1 aliphatic heterocycles. The number of methoxy groups -OCH3 is 1. The summed E-state index contributed by atoms with van der Waals surface area (Å²) in [6.07, 6.45) is 0.336. The molecule has 3 heterocycles. The predicted octanol–water partition coefficient (Wildman–Crippen LogP) is 5.52. The maximum Gasteiger partial charge on any atom is 0.202 e. The molecule has 1 aliphatic rings. The Balaban J connectivity index is 1.80. The second-order valence-corrected chi connectivity index (χ2v) is 8.03. The molecule has 4 rings (SSSR count). The molecule has 0 bridgehead atoms. The monoisotopic (exact) mass is 420 g/mol. The van der Waals surface area contributed by atoms with Crippen molar-refractivity contribution in [3.05, 3.63) is 38.4 Å². The first kappa shape index (κ1) is 16.6. The van der Waals surface area contributed by atoms with Gasteiger partial charge in [-0.25, -0.2) is 4.98 Å². The molecule has 0 saturated heterocycles. The van der Waals surface area contributed by atoms with Gasteiger partial charge in [0.25, 0.3) is 0 Å². The largest absolute Gasteiger partial charge is 0.496 e. The number of aromatic nitrogens is 1. The Morgan fingerprint density at radius 1 is 1.44 bits per heavy atom. The Morgan fingerprint density at radius 3 is 2.92 bits per heavy atom. The van der Waals surface area contributed by atoms with E-state index in [1.54, 1.807) is 18.4 Å². The minimum absolute atomic E-state index is 0.0140. The van der Waals surface area contributed by atoms with Crippen LogP contribution in [0.15, 0.2) is 26.4 Å². The van der Waals surface area contributed by atoms with Gasteiger partial charge in [-0.2, -0.15) is 0 Å². The molecule has 0 spiro atoms. The number of furan rings is 1. The number of carbonyl (C=O) groups is 1. The van der Waals surface area contributed by atoms with Crippen LogP contribution in [0.25, 0.3) is 11.0 Å². The van der Waals surface area contributed by atoms with Gasteiger partial charge in [0.2, 0.25) is 5.78 Å². The lowest BCUT2D eigenvalue weighted by molar-refractivity contribution is 0.0946.